The molecule has 0 aliphatic heterocycles. The minimum atomic E-state index is 0.245. The van der Waals surface area contributed by atoms with Gasteiger partial charge in [-0.05, 0) is 6.92 Å². The first-order valence-electron chi connectivity index (χ1n) is 2.68. The Morgan fingerprint density at radius 1 is 1.70 bits per heavy atom. The van der Waals surface area contributed by atoms with Gasteiger partial charge in [0.05, 0.1) is 5.02 Å². The van der Waals surface area contributed by atoms with Crippen LogP contribution in [0, 0.1) is 6.92 Å². The van der Waals surface area contributed by atoms with E-state index in [9.17, 15) is 4.79 Å². The number of rotatable bonds is 1. The van der Waals surface area contributed by atoms with Crippen molar-refractivity contribution in [1.82, 2.24) is 9.97 Å². The molecule has 0 N–H and O–H groups in total. The molecule has 0 unspecified atom stereocenters. The maximum Gasteiger partial charge on any atom is 0.170 e. The third kappa shape index (κ3) is 1.30. The summed E-state index contributed by atoms with van der Waals surface area (Å²) in [5.74, 6) is 0.548. The summed E-state index contributed by atoms with van der Waals surface area (Å²) in [6.07, 6.45) is 2.02. The van der Waals surface area contributed by atoms with Gasteiger partial charge in [-0.15, -0.1) is 0 Å². The molecular weight excluding hydrogens is 152 g/mol. The fourth-order valence-corrected chi connectivity index (χ4v) is 0.691. The molecular formula is C6H5ClN2O. The van der Waals surface area contributed by atoms with Crippen LogP contribution in [0.4, 0.5) is 0 Å². The van der Waals surface area contributed by atoms with E-state index < -0.39 is 0 Å². The molecule has 0 aliphatic carbocycles. The summed E-state index contributed by atoms with van der Waals surface area (Å²) >= 11 is 5.54. The Kier molecular flexibility index (Phi) is 1.97. The van der Waals surface area contributed by atoms with Crippen molar-refractivity contribution < 1.29 is 4.79 Å². The third-order valence-electron chi connectivity index (χ3n) is 1.00. The number of hydrogen-bond acceptors (Lipinski definition) is 3. The van der Waals surface area contributed by atoms with Crippen LogP contribution in [0.25, 0.3) is 0 Å². The molecule has 1 heterocycles. The monoisotopic (exact) mass is 156 g/mol. The highest BCUT2D eigenvalue weighted by molar-refractivity contribution is 6.32. The first kappa shape index (κ1) is 7.15. The van der Waals surface area contributed by atoms with E-state index in [1.165, 1.54) is 6.20 Å². The Morgan fingerprint density at radius 3 is 2.90 bits per heavy atom. The quantitative estimate of drug-likeness (QED) is 0.575. The van der Waals surface area contributed by atoms with E-state index in [1.54, 1.807) is 6.92 Å². The summed E-state index contributed by atoms with van der Waals surface area (Å²) < 4.78 is 0. The number of halogens is 1. The predicted molar refractivity (Wildman–Crippen MR) is 37.2 cm³/mol. The second kappa shape index (κ2) is 2.75. The van der Waals surface area contributed by atoms with Crippen molar-refractivity contribution in [2.24, 2.45) is 0 Å². The van der Waals surface area contributed by atoms with Gasteiger partial charge in [0.25, 0.3) is 0 Å². The highest BCUT2D eigenvalue weighted by Crippen LogP contribution is 2.08. The van der Waals surface area contributed by atoms with Crippen molar-refractivity contribution in [3.8, 4) is 0 Å². The average molecular weight is 157 g/mol. The maximum atomic E-state index is 10.2. The molecule has 52 valence electrons. The van der Waals surface area contributed by atoms with Gasteiger partial charge in [0.15, 0.2) is 6.29 Å². The fourth-order valence-electron chi connectivity index (χ4n) is 0.555. The zero-order valence-corrected chi connectivity index (χ0v) is 6.09. The Hall–Kier alpha value is -0.960. The SMILES string of the molecule is Cc1ncc(Cl)c(C=O)n1. The highest BCUT2D eigenvalue weighted by atomic mass is 35.5. The largest absolute Gasteiger partial charge is 0.296 e. The lowest BCUT2D eigenvalue weighted by molar-refractivity contribution is 0.111. The van der Waals surface area contributed by atoms with Gasteiger partial charge in [-0.3, -0.25) is 4.79 Å². The molecule has 0 spiro atoms. The van der Waals surface area contributed by atoms with Crippen molar-refractivity contribution in [3.63, 3.8) is 0 Å². The summed E-state index contributed by atoms with van der Waals surface area (Å²) in [6, 6.07) is 0. The van der Waals surface area contributed by atoms with Gasteiger partial charge in [-0.2, -0.15) is 0 Å². The lowest BCUT2D eigenvalue weighted by atomic mass is 10.4. The average Bonchev–Trinajstić information content (AvgIpc) is 1.94. The Labute approximate surface area is 63.1 Å². The molecule has 1 aromatic rings. The van der Waals surface area contributed by atoms with Crippen molar-refractivity contribution in [2.75, 3.05) is 0 Å². The maximum absolute atomic E-state index is 10.2. The Bertz CT molecular complexity index is 262. The van der Waals surface area contributed by atoms with Gasteiger partial charge in [0.1, 0.15) is 11.5 Å². The van der Waals surface area contributed by atoms with Gasteiger partial charge in [0.2, 0.25) is 0 Å². The van der Waals surface area contributed by atoms with E-state index in [2.05, 4.69) is 9.97 Å². The molecule has 0 fully saturated rings. The van der Waals surface area contributed by atoms with Crippen LogP contribution in [0.15, 0.2) is 6.20 Å². The van der Waals surface area contributed by atoms with E-state index in [-0.39, 0.29) is 5.69 Å². The predicted octanol–water partition coefficient (Wildman–Crippen LogP) is 1.25. The van der Waals surface area contributed by atoms with Crippen molar-refractivity contribution >= 4 is 17.9 Å². The van der Waals surface area contributed by atoms with Crippen LogP contribution < -0.4 is 0 Å². The molecule has 0 amide bonds. The standard InChI is InChI=1S/C6H5ClN2O/c1-4-8-2-5(7)6(3-10)9-4/h2-3H,1H3. The molecule has 1 rings (SSSR count). The number of aromatic nitrogens is 2. The summed E-state index contributed by atoms with van der Waals surface area (Å²) in [5.41, 5.74) is 0.245. The topological polar surface area (TPSA) is 42.9 Å². The van der Waals surface area contributed by atoms with Crippen LogP contribution in [0.3, 0.4) is 0 Å². The molecule has 10 heavy (non-hydrogen) atoms. The molecule has 3 nitrogen and oxygen atoms in total. The van der Waals surface area contributed by atoms with Crippen LogP contribution in [0.1, 0.15) is 16.3 Å². The summed E-state index contributed by atoms with van der Waals surface area (Å²) in [7, 11) is 0. The van der Waals surface area contributed by atoms with Crippen LogP contribution >= 0.6 is 11.6 Å². The van der Waals surface area contributed by atoms with Gasteiger partial charge in [-0.25, -0.2) is 9.97 Å². The second-order valence-corrected chi connectivity index (χ2v) is 2.18. The van der Waals surface area contributed by atoms with Crippen LogP contribution in [-0.2, 0) is 0 Å². The van der Waals surface area contributed by atoms with Gasteiger partial charge >= 0.3 is 0 Å². The molecule has 0 aliphatic rings. The second-order valence-electron chi connectivity index (χ2n) is 1.77. The van der Waals surface area contributed by atoms with Crippen molar-refractivity contribution in [1.29, 1.82) is 0 Å². The Morgan fingerprint density at radius 2 is 2.40 bits per heavy atom. The van der Waals surface area contributed by atoms with E-state index in [4.69, 9.17) is 11.6 Å². The minimum Gasteiger partial charge on any atom is -0.296 e. The number of carbonyl (C=O) groups excluding carboxylic acids is 1. The van der Waals surface area contributed by atoms with Crippen LogP contribution in [0.2, 0.25) is 5.02 Å². The molecule has 0 saturated heterocycles. The zero-order chi connectivity index (χ0) is 7.56. The number of aldehydes is 1. The van der Waals surface area contributed by atoms with Crippen molar-refractivity contribution in [3.05, 3.63) is 22.7 Å². The fraction of sp³-hybridized carbons (Fsp3) is 0.167. The molecule has 0 saturated carbocycles. The Balaban J connectivity index is 3.21. The lowest BCUT2D eigenvalue weighted by Crippen LogP contribution is -1.93. The smallest absolute Gasteiger partial charge is 0.170 e. The normalized spacial score (nSPS) is 9.40. The van der Waals surface area contributed by atoms with E-state index in [0.29, 0.717) is 17.1 Å². The minimum absolute atomic E-state index is 0.245. The molecule has 0 atom stereocenters. The number of nitrogens with zero attached hydrogens (tertiary/aromatic N) is 2. The molecule has 1 aromatic heterocycles. The molecule has 0 bridgehead atoms. The third-order valence-corrected chi connectivity index (χ3v) is 1.29. The van der Waals surface area contributed by atoms with Crippen LogP contribution in [-0.4, -0.2) is 16.3 Å². The summed E-state index contributed by atoms with van der Waals surface area (Å²) in [4.78, 5) is 17.8. The van der Waals surface area contributed by atoms with Gasteiger partial charge in [-0.1, -0.05) is 11.6 Å². The lowest BCUT2D eigenvalue weighted by Gasteiger charge is -1.93. The zero-order valence-electron chi connectivity index (χ0n) is 5.34. The molecule has 4 heteroatoms. The number of hydrogen-bond donors (Lipinski definition) is 0. The van der Waals surface area contributed by atoms with Crippen LogP contribution in [0.5, 0.6) is 0 Å². The summed E-state index contributed by atoms with van der Waals surface area (Å²) in [5, 5.41) is 0.292. The van der Waals surface area contributed by atoms with Gasteiger partial charge in [0, 0.05) is 6.20 Å². The highest BCUT2D eigenvalue weighted by Gasteiger charge is 1.99. The molecule has 0 radical (unpaired) electrons. The summed E-state index contributed by atoms with van der Waals surface area (Å²) in [6.45, 7) is 1.70. The van der Waals surface area contributed by atoms with Gasteiger partial charge < -0.3 is 0 Å². The van der Waals surface area contributed by atoms with E-state index in [1.807, 2.05) is 0 Å². The molecule has 0 aromatic carbocycles. The number of carbonyl (C=O) groups is 1. The number of aryl methyl sites for hydroxylation is 1. The van der Waals surface area contributed by atoms with E-state index >= 15 is 0 Å². The van der Waals surface area contributed by atoms with E-state index in [0.717, 1.165) is 0 Å². The first-order chi connectivity index (χ1) is 4.74. The first-order valence-corrected chi connectivity index (χ1v) is 3.06. The van der Waals surface area contributed by atoms with Crippen molar-refractivity contribution in [2.45, 2.75) is 6.92 Å².